The second kappa shape index (κ2) is 6.34. The standard InChI is InChI=1S/C17H19N5O/c1-2-6-14(7-3-1)17-19-16(20-23-17)13-21-10-4-8-15(21)12-22-11-5-9-18-22/h1-3,5-7,9,11,15H,4,8,10,12-13H2. The van der Waals surface area contributed by atoms with Crippen LogP contribution in [0.15, 0.2) is 53.3 Å². The van der Waals surface area contributed by atoms with Crippen molar-refractivity contribution in [3.05, 3.63) is 54.6 Å². The van der Waals surface area contributed by atoms with Crippen LogP contribution in [0.1, 0.15) is 18.7 Å². The van der Waals surface area contributed by atoms with Gasteiger partial charge in [0.15, 0.2) is 5.82 Å². The Morgan fingerprint density at radius 1 is 1.17 bits per heavy atom. The van der Waals surface area contributed by atoms with Crippen molar-refractivity contribution < 1.29 is 4.52 Å². The van der Waals surface area contributed by atoms with Gasteiger partial charge in [-0.05, 0) is 37.6 Å². The van der Waals surface area contributed by atoms with Crippen molar-refractivity contribution in [3.8, 4) is 11.5 Å². The Hall–Kier alpha value is -2.47. The minimum Gasteiger partial charge on any atom is -0.334 e. The van der Waals surface area contributed by atoms with Gasteiger partial charge in [-0.3, -0.25) is 9.58 Å². The van der Waals surface area contributed by atoms with Crippen LogP contribution in [0.5, 0.6) is 0 Å². The van der Waals surface area contributed by atoms with Gasteiger partial charge in [-0.25, -0.2) is 0 Å². The van der Waals surface area contributed by atoms with Gasteiger partial charge in [0, 0.05) is 24.0 Å². The van der Waals surface area contributed by atoms with Gasteiger partial charge in [0.05, 0.1) is 13.1 Å². The Labute approximate surface area is 134 Å². The second-order valence-electron chi connectivity index (χ2n) is 5.88. The van der Waals surface area contributed by atoms with Gasteiger partial charge >= 0.3 is 0 Å². The Bertz CT molecular complexity index is 737. The number of likely N-dealkylation sites (tertiary alicyclic amines) is 1. The summed E-state index contributed by atoms with van der Waals surface area (Å²) in [7, 11) is 0. The molecule has 0 aliphatic carbocycles. The summed E-state index contributed by atoms with van der Waals surface area (Å²) < 4.78 is 7.39. The topological polar surface area (TPSA) is 60.0 Å². The molecule has 0 spiro atoms. The summed E-state index contributed by atoms with van der Waals surface area (Å²) in [5, 5.41) is 8.44. The minimum absolute atomic E-state index is 0.480. The third-order valence-electron chi connectivity index (χ3n) is 4.29. The maximum Gasteiger partial charge on any atom is 0.257 e. The molecule has 1 aromatic carbocycles. The van der Waals surface area contributed by atoms with E-state index < -0.39 is 0 Å². The molecule has 2 aromatic heterocycles. The third kappa shape index (κ3) is 3.17. The number of aromatic nitrogens is 4. The number of hydrogen-bond donors (Lipinski definition) is 0. The molecule has 0 amide bonds. The van der Waals surface area contributed by atoms with E-state index in [2.05, 4.69) is 20.1 Å². The van der Waals surface area contributed by atoms with E-state index >= 15 is 0 Å². The second-order valence-corrected chi connectivity index (χ2v) is 5.88. The van der Waals surface area contributed by atoms with Crippen molar-refractivity contribution >= 4 is 0 Å². The molecule has 0 radical (unpaired) electrons. The van der Waals surface area contributed by atoms with E-state index in [4.69, 9.17) is 4.52 Å². The first-order valence-electron chi connectivity index (χ1n) is 7.98. The molecule has 3 heterocycles. The van der Waals surface area contributed by atoms with Crippen LogP contribution >= 0.6 is 0 Å². The smallest absolute Gasteiger partial charge is 0.257 e. The maximum absolute atomic E-state index is 5.40. The van der Waals surface area contributed by atoms with E-state index in [1.165, 1.54) is 12.8 Å². The average molecular weight is 309 g/mol. The predicted molar refractivity (Wildman–Crippen MR) is 85.4 cm³/mol. The molecule has 23 heavy (non-hydrogen) atoms. The third-order valence-corrected chi connectivity index (χ3v) is 4.29. The maximum atomic E-state index is 5.40. The van der Waals surface area contributed by atoms with E-state index in [1.54, 1.807) is 0 Å². The Morgan fingerprint density at radius 2 is 2.09 bits per heavy atom. The van der Waals surface area contributed by atoms with E-state index in [0.717, 1.165) is 31.0 Å². The molecule has 1 unspecified atom stereocenters. The lowest BCUT2D eigenvalue weighted by atomic mass is 10.2. The van der Waals surface area contributed by atoms with E-state index in [-0.39, 0.29) is 0 Å². The summed E-state index contributed by atoms with van der Waals surface area (Å²) >= 11 is 0. The molecule has 1 aliphatic heterocycles. The molecule has 0 bridgehead atoms. The molecule has 4 rings (SSSR count). The van der Waals surface area contributed by atoms with Gasteiger partial charge in [-0.2, -0.15) is 10.1 Å². The monoisotopic (exact) mass is 309 g/mol. The minimum atomic E-state index is 0.480. The zero-order valence-corrected chi connectivity index (χ0v) is 12.9. The summed E-state index contributed by atoms with van der Waals surface area (Å²) in [6.07, 6.45) is 6.22. The van der Waals surface area contributed by atoms with Gasteiger partial charge in [0.25, 0.3) is 5.89 Å². The fourth-order valence-electron chi connectivity index (χ4n) is 3.13. The number of benzene rings is 1. The molecule has 3 aromatic rings. The average Bonchev–Trinajstić information content (AvgIpc) is 3.33. The molecular weight excluding hydrogens is 290 g/mol. The Morgan fingerprint density at radius 3 is 2.91 bits per heavy atom. The molecule has 6 heteroatoms. The van der Waals surface area contributed by atoms with Crippen molar-refractivity contribution in [2.75, 3.05) is 6.54 Å². The molecule has 1 fully saturated rings. The zero-order valence-electron chi connectivity index (χ0n) is 12.9. The lowest BCUT2D eigenvalue weighted by molar-refractivity contribution is 0.211. The molecule has 118 valence electrons. The van der Waals surface area contributed by atoms with E-state index in [0.29, 0.717) is 11.9 Å². The molecule has 6 nitrogen and oxygen atoms in total. The van der Waals surface area contributed by atoms with Crippen LogP contribution in [0.2, 0.25) is 0 Å². The molecule has 1 saturated heterocycles. The highest BCUT2D eigenvalue weighted by Gasteiger charge is 2.26. The van der Waals surface area contributed by atoms with Gasteiger partial charge < -0.3 is 4.52 Å². The van der Waals surface area contributed by atoms with Crippen LogP contribution in [0, 0.1) is 0 Å². The summed E-state index contributed by atoms with van der Waals surface area (Å²) in [5.74, 6) is 1.33. The summed E-state index contributed by atoms with van der Waals surface area (Å²) in [4.78, 5) is 6.95. The summed E-state index contributed by atoms with van der Waals surface area (Å²) in [5.41, 5.74) is 0.959. The Kier molecular flexibility index (Phi) is 3.90. The van der Waals surface area contributed by atoms with Gasteiger partial charge in [0.2, 0.25) is 0 Å². The molecule has 1 aliphatic rings. The predicted octanol–water partition coefficient (Wildman–Crippen LogP) is 2.60. The molecule has 0 saturated carbocycles. The highest BCUT2D eigenvalue weighted by atomic mass is 16.5. The van der Waals surface area contributed by atoms with Crippen LogP contribution in [0.3, 0.4) is 0 Å². The quantitative estimate of drug-likeness (QED) is 0.725. The van der Waals surface area contributed by atoms with Crippen LogP contribution < -0.4 is 0 Å². The van der Waals surface area contributed by atoms with Crippen LogP contribution in [0.4, 0.5) is 0 Å². The van der Waals surface area contributed by atoms with Crippen LogP contribution in [0.25, 0.3) is 11.5 Å². The zero-order chi connectivity index (χ0) is 15.5. The van der Waals surface area contributed by atoms with Crippen molar-refractivity contribution in [1.29, 1.82) is 0 Å². The van der Waals surface area contributed by atoms with Crippen molar-refractivity contribution in [1.82, 2.24) is 24.8 Å². The molecule has 1 atom stereocenters. The van der Waals surface area contributed by atoms with E-state index in [9.17, 15) is 0 Å². The van der Waals surface area contributed by atoms with Crippen molar-refractivity contribution in [2.45, 2.75) is 32.0 Å². The highest BCUT2D eigenvalue weighted by molar-refractivity contribution is 5.51. The van der Waals surface area contributed by atoms with Crippen LogP contribution in [-0.2, 0) is 13.1 Å². The van der Waals surface area contributed by atoms with Gasteiger partial charge in [-0.15, -0.1) is 0 Å². The fourth-order valence-corrected chi connectivity index (χ4v) is 3.13. The SMILES string of the molecule is c1ccc(-c2nc(CN3CCCC3Cn3cccn3)no2)cc1. The summed E-state index contributed by atoms with van der Waals surface area (Å²) in [6, 6.07) is 12.3. The van der Waals surface area contributed by atoms with Crippen LogP contribution in [-0.4, -0.2) is 37.4 Å². The first-order chi connectivity index (χ1) is 11.4. The molecular formula is C17H19N5O. The number of rotatable bonds is 5. The number of nitrogens with zero attached hydrogens (tertiary/aromatic N) is 5. The lowest BCUT2D eigenvalue weighted by Crippen LogP contribution is -2.33. The Balaban J connectivity index is 1.44. The fraction of sp³-hybridized carbons (Fsp3) is 0.353. The molecule has 0 N–H and O–H groups in total. The highest BCUT2D eigenvalue weighted by Crippen LogP contribution is 2.22. The van der Waals surface area contributed by atoms with E-state index in [1.807, 2.05) is 53.5 Å². The normalized spacial score (nSPS) is 18.5. The summed E-state index contributed by atoms with van der Waals surface area (Å²) in [6.45, 7) is 2.71. The largest absolute Gasteiger partial charge is 0.334 e. The lowest BCUT2D eigenvalue weighted by Gasteiger charge is -2.22. The van der Waals surface area contributed by atoms with Gasteiger partial charge in [0.1, 0.15) is 0 Å². The van der Waals surface area contributed by atoms with Gasteiger partial charge in [-0.1, -0.05) is 23.4 Å². The number of hydrogen-bond acceptors (Lipinski definition) is 5. The van der Waals surface area contributed by atoms with Crippen molar-refractivity contribution in [2.24, 2.45) is 0 Å². The van der Waals surface area contributed by atoms with Crippen molar-refractivity contribution in [3.63, 3.8) is 0 Å². The first-order valence-corrected chi connectivity index (χ1v) is 7.98. The first kappa shape index (κ1) is 14.1.